The number of carbonyl (C=O) groups excluding carboxylic acids is 1. The van der Waals surface area contributed by atoms with Gasteiger partial charge >= 0.3 is 0 Å². The lowest BCUT2D eigenvalue weighted by Crippen LogP contribution is -2.33. The first kappa shape index (κ1) is 12.7. The van der Waals surface area contributed by atoms with Crippen LogP contribution in [0.2, 0.25) is 0 Å². The molecule has 4 heteroatoms. The minimum absolute atomic E-state index is 0.115. The number of carbonyl (C=O) groups is 1. The molecular weight excluding hydrogens is 250 g/mol. The number of allylic oxidation sites excluding steroid dienone is 2. The first-order chi connectivity index (χ1) is 8.57. The number of hydrogen-bond donors (Lipinski definition) is 1. The van der Waals surface area contributed by atoms with E-state index in [0.29, 0.717) is 12.2 Å². The summed E-state index contributed by atoms with van der Waals surface area (Å²) in [5, 5.41) is 1.78. The Bertz CT molecular complexity index is 496. The van der Waals surface area contributed by atoms with E-state index < -0.39 is 5.06 Å². The number of benzene rings is 1. The van der Waals surface area contributed by atoms with E-state index in [-0.39, 0.29) is 5.91 Å². The first-order valence-corrected chi connectivity index (χ1v) is 6.04. The van der Waals surface area contributed by atoms with Crippen LogP contribution in [0.5, 0.6) is 5.75 Å². The average Bonchev–Trinajstić information content (AvgIpc) is 2.28. The summed E-state index contributed by atoms with van der Waals surface area (Å²) >= 11 is 6.39. The zero-order valence-corrected chi connectivity index (χ0v) is 10.8. The summed E-state index contributed by atoms with van der Waals surface area (Å²) in [6, 6.07) is 9.36. The Balaban J connectivity index is 2.07. The monoisotopic (exact) mass is 263 g/mol. The van der Waals surface area contributed by atoms with E-state index in [4.69, 9.17) is 16.3 Å². The number of ether oxygens (including phenoxy) is 1. The van der Waals surface area contributed by atoms with Crippen LogP contribution in [0.4, 0.5) is 0 Å². The Hall–Kier alpha value is -1.74. The SMILES string of the molecule is CC(=O)NC1=CC=CC(Cl)(Oc2ccccc2)C1. The Labute approximate surface area is 111 Å². The zero-order valence-electron chi connectivity index (χ0n) is 10.0. The van der Waals surface area contributed by atoms with Crippen molar-refractivity contribution in [2.45, 2.75) is 18.4 Å². The summed E-state index contributed by atoms with van der Waals surface area (Å²) in [4.78, 5) is 11.0. The summed E-state index contributed by atoms with van der Waals surface area (Å²) in [6.07, 6.45) is 5.79. The lowest BCUT2D eigenvalue weighted by atomic mass is 10.1. The summed E-state index contributed by atoms with van der Waals surface area (Å²) < 4.78 is 5.74. The normalized spacial score (nSPS) is 22.2. The van der Waals surface area contributed by atoms with Gasteiger partial charge in [-0.2, -0.15) is 0 Å². The molecule has 0 aromatic heterocycles. The van der Waals surface area contributed by atoms with Crippen molar-refractivity contribution in [3.05, 3.63) is 54.3 Å². The average molecular weight is 264 g/mol. The molecule has 0 aliphatic heterocycles. The maximum atomic E-state index is 11.0. The van der Waals surface area contributed by atoms with E-state index in [9.17, 15) is 4.79 Å². The largest absolute Gasteiger partial charge is 0.468 e. The highest BCUT2D eigenvalue weighted by Gasteiger charge is 2.30. The molecule has 1 unspecified atom stereocenters. The number of rotatable bonds is 3. The maximum absolute atomic E-state index is 11.0. The molecule has 2 rings (SSSR count). The molecule has 0 heterocycles. The van der Waals surface area contributed by atoms with Gasteiger partial charge in [0, 0.05) is 19.0 Å². The third-order valence-electron chi connectivity index (χ3n) is 2.44. The highest BCUT2D eigenvalue weighted by molar-refractivity contribution is 6.24. The molecule has 1 amide bonds. The molecule has 1 aliphatic carbocycles. The van der Waals surface area contributed by atoms with E-state index in [2.05, 4.69) is 5.32 Å². The van der Waals surface area contributed by atoms with Gasteiger partial charge < -0.3 is 10.1 Å². The van der Waals surface area contributed by atoms with Crippen LogP contribution in [-0.4, -0.2) is 11.0 Å². The van der Waals surface area contributed by atoms with Crippen molar-refractivity contribution < 1.29 is 9.53 Å². The quantitative estimate of drug-likeness (QED) is 0.852. The van der Waals surface area contributed by atoms with Gasteiger partial charge in [0.2, 0.25) is 11.0 Å². The highest BCUT2D eigenvalue weighted by atomic mass is 35.5. The van der Waals surface area contributed by atoms with Gasteiger partial charge in [-0.25, -0.2) is 0 Å². The van der Waals surface area contributed by atoms with Crippen LogP contribution in [-0.2, 0) is 4.79 Å². The topological polar surface area (TPSA) is 38.3 Å². The molecule has 0 fully saturated rings. The molecule has 1 aromatic rings. The van der Waals surface area contributed by atoms with Crippen LogP contribution in [0.1, 0.15) is 13.3 Å². The molecule has 1 N–H and O–H groups in total. The van der Waals surface area contributed by atoms with Crippen molar-refractivity contribution in [1.29, 1.82) is 0 Å². The molecule has 0 saturated carbocycles. The number of halogens is 1. The van der Waals surface area contributed by atoms with Crippen LogP contribution >= 0.6 is 11.6 Å². The lowest BCUT2D eigenvalue weighted by molar-refractivity contribution is -0.118. The fraction of sp³-hybridized carbons (Fsp3) is 0.214. The van der Waals surface area contributed by atoms with Gasteiger partial charge in [-0.1, -0.05) is 35.9 Å². The van der Waals surface area contributed by atoms with Gasteiger partial charge in [0.05, 0.1) is 0 Å². The maximum Gasteiger partial charge on any atom is 0.221 e. The smallest absolute Gasteiger partial charge is 0.221 e. The molecule has 18 heavy (non-hydrogen) atoms. The molecular formula is C14H14ClNO2. The standard InChI is InChI=1S/C14H14ClNO2/c1-11(17)16-12-6-5-9-14(15,10-12)18-13-7-3-2-4-8-13/h2-9H,10H2,1H3,(H,16,17). The third kappa shape index (κ3) is 3.37. The minimum atomic E-state index is -0.951. The van der Waals surface area contributed by atoms with Crippen molar-refractivity contribution in [2.24, 2.45) is 0 Å². The highest BCUT2D eigenvalue weighted by Crippen LogP contribution is 2.31. The van der Waals surface area contributed by atoms with Crippen molar-refractivity contribution in [3.8, 4) is 5.75 Å². The number of hydrogen-bond acceptors (Lipinski definition) is 2. The van der Waals surface area contributed by atoms with Crippen molar-refractivity contribution >= 4 is 17.5 Å². The van der Waals surface area contributed by atoms with Crippen molar-refractivity contribution in [3.63, 3.8) is 0 Å². The van der Waals surface area contributed by atoms with Gasteiger partial charge in [0.15, 0.2) is 0 Å². The molecule has 0 bridgehead atoms. The predicted molar refractivity (Wildman–Crippen MR) is 71.3 cm³/mol. The summed E-state index contributed by atoms with van der Waals surface area (Å²) in [5.41, 5.74) is 0.746. The first-order valence-electron chi connectivity index (χ1n) is 5.66. The Morgan fingerprint density at radius 3 is 2.78 bits per heavy atom. The van der Waals surface area contributed by atoms with Gasteiger partial charge in [0.25, 0.3) is 0 Å². The lowest BCUT2D eigenvalue weighted by Gasteiger charge is -2.28. The third-order valence-corrected chi connectivity index (χ3v) is 2.78. The molecule has 1 aliphatic rings. The second kappa shape index (κ2) is 5.27. The van der Waals surface area contributed by atoms with Gasteiger partial charge in [0.1, 0.15) is 5.75 Å². The van der Waals surface area contributed by atoms with Crippen LogP contribution in [0.15, 0.2) is 54.3 Å². The van der Waals surface area contributed by atoms with E-state index in [1.54, 1.807) is 12.2 Å². The fourth-order valence-corrected chi connectivity index (χ4v) is 2.06. The minimum Gasteiger partial charge on any atom is -0.468 e. The Kier molecular flexibility index (Phi) is 3.72. The summed E-state index contributed by atoms with van der Waals surface area (Å²) in [6.45, 7) is 1.47. The molecule has 0 radical (unpaired) electrons. The van der Waals surface area contributed by atoms with E-state index >= 15 is 0 Å². The van der Waals surface area contributed by atoms with Crippen LogP contribution in [0, 0.1) is 0 Å². The van der Waals surface area contributed by atoms with Gasteiger partial charge in [-0.3, -0.25) is 4.79 Å². The molecule has 3 nitrogen and oxygen atoms in total. The van der Waals surface area contributed by atoms with Crippen LogP contribution < -0.4 is 10.1 Å². The number of para-hydroxylation sites is 1. The molecule has 94 valence electrons. The van der Waals surface area contributed by atoms with Crippen LogP contribution in [0.3, 0.4) is 0 Å². The number of amides is 1. The Morgan fingerprint density at radius 1 is 1.39 bits per heavy atom. The van der Waals surface area contributed by atoms with E-state index in [1.807, 2.05) is 36.4 Å². The molecule has 1 atom stereocenters. The second-order valence-electron chi connectivity index (χ2n) is 4.11. The molecule has 0 saturated heterocycles. The molecule has 0 spiro atoms. The Morgan fingerprint density at radius 2 is 2.11 bits per heavy atom. The van der Waals surface area contributed by atoms with Gasteiger partial charge in [-0.15, -0.1) is 0 Å². The van der Waals surface area contributed by atoms with Crippen LogP contribution in [0.25, 0.3) is 0 Å². The predicted octanol–water partition coefficient (Wildman–Crippen LogP) is 2.98. The number of nitrogens with one attached hydrogen (secondary N) is 1. The second-order valence-corrected chi connectivity index (χ2v) is 4.75. The van der Waals surface area contributed by atoms with E-state index in [0.717, 1.165) is 5.70 Å². The number of alkyl halides is 1. The fourth-order valence-electron chi connectivity index (χ4n) is 1.75. The van der Waals surface area contributed by atoms with Crippen molar-refractivity contribution in [2.75, 3.05) is 0 Å². The molecule has 1 aromatic carbocycles. The van der Waals surface area contributed by atoms with E-state index in [1.165, 1.54) is 6.92 Å². The summed E-state index contributed by atoms with van der Waals surface area (Å²) in [5.74, 6) is 0.580. The zero-order chi connectivity index (χ0) is 13.0. The van der Waals surface area contributed by atoms with Crippen molar-refractivity contribution in [1.82, 2.24) is 5.32 Å². The summed E-state index contributed by atoms with van der Waals surface area (Å²) in [7, 11) is 0. The van der Waals surface area contributed by atoms with Gasteiger partial charge in [-0.05, 0) is 24.3 Å².